The topological polar surface area (TPSA) is 80.7 Å². The molecule has 174 valence electrons. The Bertz CT molecular complexity index is 720. The molecule has 1 fully saturated rings. The van der Waals surface area contributed by atoms with E-state index in [9.17, 15) is 18.9 Å². The van der Waals surface area contributed by atoms with E-state index in [0.29, 0.717) is 11.3 Å². The fraction of sp³-hybridized carbons (Fsp3) is 0.680. The number of rotatable bonds is 15. The van der Waals surface area contributed by atoms with Gasteiger partial charge in [-0.05, 0) is 31.9 Å². The van der Waals surface area contributed by atoms with Crippen molar-refractivity contribution in [3.8, 4) is 0 Å². The summed E-state index contributed by atoms with van der Waals surface area (Å²) in [5.41, 5.74) is 0. The summed E-state index contributed by atoms with van der Waals surface area (Å²) in [6, 6.07) is 8.57. The molecule has 31 heavy (non-hydrogen) atoms. The minimum Gasteiger partial charge on any atom is -0.481 e. The molecule has 2 rings (SSSR count). The van der Waals surface area contributed by atoms with E-state index in [1.54, 1.807) is 30.3 Å². The van der Waals surface area contributed by atoms with Gasteiger partial charge in [0, 0.05) is 4.90 Å². The van der Waals surface area contributed by atoms with Crippen molar-refractivity contribution in [3.05, 3.63) is 30.3 Å². The SMILES string of the molecule is CCCCCCCCCCCCC[C@H]1OC(=O)[C@](C)(S(=O)c2ccccc2)[C@@H]1C(=O)O. The number of carbonyl (C=O) groups is 2. The molecule has 1 N–H and O–H groups in total. The summed E-state index contributed by atoms with van der Waals surface area (Å²) in [5, 5.41) is 9.84. The number of carboxylic acid groups (broad SMARTS) is 1. The normalized spacial score (nSPS) is 24.1. The Morgan fingerprint density at radius 1 is 0.968 bits per heavy atom. The van der Waals surface area contributed by atoms with Gasteiger partial charge < -0.3 is 9.84 Å². The van der Waals surface area contributed by atoms with Crippen LogP contribution in [0.4, 0.5) is 0 Å². The van der Waals surface area contributed by atoms with Crippen molar-refractivity contribution in [2.75, 3.05) is 0 Å². The van der Waals surface area contributed by atoms with Crippen LogP contribution in [0.15, 0.2) is 35.2 Å². The van der Waals surface area contributed by atoms with Gasteiger partial charge in [0.2, 0.25) is 0 Å². The summed E-state index contributed by atoms with van der Waals surface area (Å²) >= 11 is 0. The van der Waals surface area contributed by atoms with Crippen LogP contribution in [-0.2, 0) is 25.1 Å². The van der Waals surface area contributed by atoms with Gasteiger partial charge in [0.1, 0.15) is 12.0 Å². The van der Waals surface area contributed by atoms with E-state index in [2.05, 4.69) is 6.92 Å². The second-order valence-electron chi connectivity index (χ2n) is 8.77. The zero-order valence-corrected chi connectivity index (χ0v) is 19.8. The number of carbonyl (C=O) groups excluding carboxylic acids is 1. The Hall–Kier alpha value is -1.69. The van der Waals surface area contributed by atoms with Gasteiger partial charge in [0.05, 0.1) is 10.8 Å². The van der Waals surface area contributed by atoms with Crippen molar-refractivity contribution in [3.63, 3.8) is 0 Å². The van der Waals surface area contributed by atoms with Gasteiger partial charge in [0.25, 0.3) is 0 Å². The van der Waals surface area contributed by atoms with E-state index in [4.69, 9.17) is 4.74 Å². The predicted octanol–water partition coefficient (Wildman–Crippen LogP) is 5.88. The van der Waals surface area contributed by atoms with Gasteiger partial charge in [0.15, 0.2) is 4.75 Å². The quantitative estimate of drug-likeness (QED) is 0.266. The Morgan fingerprint density at radius 3 is 2.00 bits per heavy atom. The predicted molar refractivity (Wildman–Crippen MR) is 123 cm³/mol. The van der Waals surface area contributed by atoms with E-state index < -0.39 is 39.5 Å². The maximum Gasteiger partial charge on any atom is 0.326 e. The zero-order chi connectivity index (χ0) is 22.7. The third-order valence-corrected chi connectivity index (χ3v) is 8.22. The number of cyclic esters (lactones) is 1. The van der Waals surface area contributed by atoms with Crippen LogP contribution in [0.1, 0.15) is 90.9 Å². The first-order valence-electron chi connectivity index (χ1n) is 11.8. The number of unbranched alkanes of at least 4 members (excludes halogenated alkanes) is 10. The lowest BCUT2D eigenvalue weighted by atomic mass is 9.88. The number of ether oxygens (including phenoxy) is 1. The Balaban J connectivity index is 1.80. The summed E-state index contributed by atoms with van der Waals surface area (Å²) < 4.78 is 17.0. The standard InChI is InChI=1S/C25H38O5S/c1-3-4-5-6-7-8-9-10-11-12-16-19-21-22(23(26)27)25(2,24(28)30-21)31(29)20-17-14-13-15-18-20/h13-15,17-18,21-22H,3-12,16,19H2,1-2H3,(H,26,27)/t21-,22+,25-,31?/m1/s1. The van der Waals surface area contributed by atoms with E-state index in [1.165, 1.54) is 58.3 Å². The lowest BCUT2D eigenvalue weighted by Crippen LogP contribution is -2.47. The third kappa shape index (κ3) is 6.90. The van der Waals surface area contributed by atoms with Crippen LogP contribution in [0.5, 0.6) is 0 Å². The molecule has 6 heteroatoms. The fourth-order valence-electron chi connectivity index (χ4n) is 4.41. The lowest BCUT2D eigenvalue weighted by Gasteiger charge is -2.25. The molecule has 0 aliphatic carbocycles. The molecule has 1 heterocycles. The molecule has 1 aromatic rings. The van der Waals surface area contributed by atoms with Gasteiger partial charge in [-0.1, -0.05) is 89.3 Å². The Kier molecular flexibility index (Phi) is 10.7. The first kappa shape index (κ1) is 25.6. The highest BCUT2D eigenvalue weighted by molar-refractivity contribution is 7.87. The molecular formula is C25H38O5S. The van der Waals surface area contributed by atoms with Crippen LogP contribution in [0.25, 0.3) is 0 Å². The molecule has 0 saturated carbocycles. The summed E-state index contributed by atoms with van der Waals surface area (Å²) in [5.74, 6) is -2.90. The number of hydrogen-bond acceptors (Lipinski definition) is 4. The minimum atomic E-state index is -1.80. The second kappa shape index (κ2) is 13.0. The highest BCUT2D eigenvalue weighted by Gasteiger charge is 2.61. The first-order chi connectivity index (χ1) is 14.9. The van der Waals surface area contributed by atoms with Crippen molar-refractivity contribution >= 4 is 22.7 Å². The number of hydrogen-bond donors (Lipinski definition) is 1. The van der Waals surface area contributed by atoms with Gasteiger partial charge in [-0.15, -0.1) is 0 Å². The number of esters is 1. The van der Waals surface area contributed by atoms with Gasteiger partial charge >= 0.3 is 11.9 Å². The third-order valence-electron chi connectivity index (χ3n) is 6.33. The molecule has 0 radical (unpaired) electrons. The molecule has 0 spiro atoms. The van der Waals surface area contributed by atoms with E-state index in [0.717, 1.165) is 19.3 Å². The second-order valence-corrected chi connectivity index (χ2v) is 10.6. The van der Waals surface area contributed by atoms with Crippen LogP contribution >= 0.6 is 0 Å². The summed E-state index contributed by atoms with van der Waals surface area (Å²) in [7, 11) is -1.80. The van der Waals surface area contributed by atoms with Crippen molar-refractivity contribution in [1.82, 2.24) is 0 Å². The summed E-state index contributed by atoms with van der Waals surface area (Å²) in [6.45, 7) is 3.70. The number of aliphatic carboxylic acids is 1. The largest absolute Gasteiger partial charge is 0.481 e. The Labute approximate surface area is 189 Å². The van der Waals surface area contributed by atoms with Gasteiger partial charge in [-0.25, -0.2) is 0 Å². The number of carboxylic acids is 1. The van der Waals surface area contributed by atoms with E-state index >= 15 is 0 Å². The molecule has 1 unspecified atom stereocenters. The molecule has 4 atom stereocenters. The van der Waals surface area contributed by atoms with Crippen LogP contribution < -0.4 is 0 Å². The summed E-state index contributed by atoms with van der Waals surface area (Å²) in [6.07, 6.45) is 13.0. The molecule has 5 nitrogen and oxygen atoms in total. The highest BCUT2D eigenvalue weighted by atomic mass is 32.2. The summed E-state index contributed by atoms with van der Waals surface area (Å²) in [4.78, 5) is 25.2. The maximum atomic E-state index is 13.1. The molecule has 0 amide bonds. The first-order valence-corrected chi connectivity index (χ1v) is 13.0. The van der Waals surface area contributed by atoms with E-state index in [-0.39, 0.29) is 0 Å². The van der Waals surface area contributed by atoms with Gasteiger partial charge in [-0.3, -0.25) is 13.8 Å². The van der Waals surface area contributed by atoms with Crippen LogP contribution in [0, 0.1) is 5.92 Å². The van der Waals surface area contributed by atoms with Crippen LogP contribution in [0.3, 0.4) is 0 Å². The maximum absolute atomic E-state index is 13.1. The minimum absolute atomic E-state index is 0.448. The molecule has 1 aromatic carbocycles. The van der Waals surface area contributed by atoms with E-state index in [1.807, 2.05) is 0 Å². The average molecular weight is 451 g/mol. The molecule has 1 aliphatic heterocycles. The lowest BCUT2D eigenvalue weighted by molar-refractivity contribution is -0.144. The fourth-order valence-corrected chi connectivity index (χ4v) is 5.99. The molecule has 0 aromatic heterocycles. The molecule has 1 saturated heterocycles. The van der Waals surface area contributed by atoms with Crippen molar-refractivity contribution in [2.24, 2.45) is 5.92 Å². The van der Waals surface area contributed by atoms with Crippen LogP contribution in [-0.4, -0.2) is 32.1 Å². The molecule has 1 aliphatic rings. The van der Waals surface area contributed by atoms with Crippen LogP contribution in [0.2, 0.25) is 0 Å². The monoisotopic (exact) mass is 450 g/mol. The van der Waals surface area contributed by atoms with Gasteiger partial charge in [-0.2, -0.15) is 0 Å². The average Bonchev–Trinajstić information content (AvgIpc) is 3.03. The molecule has 0 bridgehead atoms. The van der Waals surface area contributed by atoms with Crippen molar-refractivity contribution in [1.29, 1.82) is 0 Å². The number of benzene rings is 1. The smallest absolute Gasteiger partial charge is 0.326 e. The highest BCUT2D eigenvalue weighted by Crippen LogP contribution is 2.41. The Morgan fingerprint density at radius 2 is 1.48 bits per heavy atom. The zero-order valence-electron chi connectivity index (χ0n) is 19.0. The van der Waals surface area contributed by atoms with Crippen molar-refractivity contribution < 1.29 is 23.6 Å². The molecular weight excluding hydrogens is 412 g/mol. The van der Waals surface area contributed by atoms with Crippen molar-refractivity contribution in [2.45, 2.75) is 107 Å².